The third-order valence-corrected chi connectivity index (χ3v) is 6.54. The normalized spacial score (nSPS) is 13.5. The Labute approximate surface area is 257 Å². The molecule has 1 amide bonds. The predicted molar refractivity (Wildman–Crippen MR) is 163 cm³/mol. The van der Waals surface area contributed by atoms with Gasteiger partial charge in [0.05, 0.1) is 24.6 Å². The molecule has 12 nitrogen and oxygen atoms in total. The van der Waals surface area contributed by atoms with Gasteiger partial charge in [0.15, 0.2) is 18.2 Å². The third kappa shape index (κ3) is 8.13. The molecule has 1 aromatic carbocycles. The van der Waals surface area contributed by atoms with Gasteiger partial charge in [0.25, 0.3) is 0 Å². The number of carbonyl (C=O) groups is 1. The van der Waals surface area contributed by atoms with E-state index in [2.05, 4.69) is 32.2 Å². The molecule has 45 heavy (non-hydrogen) atoms. The summed E-state index contributed by atoms with van der Waals surface area (Å²) < 4.78 is 51.8. The molecule has 1 saturated heterocycles. The first kappa shape index (κ1) is 31.4. The minimum atomic E-state index is -4.62. The average molecular weight is 624 g/mol. The molecular formula is C30H32F3N9O3. The minimum absolute atomic E-state index is 0.00603. The Morgan fingerprint density at radius 3 is 2.58 bits per heavy atom. The van der Waals surface area contributed by atoms with Crippen molar-refractivity contribution in [1.29, 1.82) is 0 Å². The Kier molecular flexibility index (Phi) is 9.59. The Hall–Kier alpha value is -5.02. The summed E-state index contributed by atoms with van der Waals surface area (Å²) in [6, 6.07) is 12.8. The summed E-state index contributed by atoms with van der Waals surface area (Å²) in [6.45, 7) is 4.10. The average Bonchev–Trinajstić information content (AvgIpc) is 3.44. The maximum Gasteiger partial charge on any atom is 0.422 e. The highest BCUT2D eigenvalue weighted by Crippen LogP contribution is 2.36. The topological polar surface area (TPSA) is 123 Å². The minimum Gasteiger partial charge on any atom is -0.466 e. The second-order valence-electron chi connectivity index (χ2n) is 10.3. The smallest absolute Gasteiger partial charge is 0.422 e. The molecule has 0 unspecified atom stereocenters. The van der Waals surface area contributed by atoms with Crippen molar-refractivity contribution in [3.05, 3.63) is 73.1 Å². The molecule has 0 saturated carbocycles. The summed E-state index contributed by atoms with van der Waals surface area (Å²) in [5.41, 5.74) is 2.92. The van der Waals surface area contributed by atoms with E-state index in [4.69, 9.17) is 14.6 Å². The maximum absolute atomic E-state index is 13.2. The molecule has 0 radical (unpaired) electrons. The fourth-order valence-electron chi connectivity index (χ4n) is 4.61. The number of rotatable bonds is 11. The van der Waals surface area contributed by atoms with Crippen LogP contribution in [0.2, 0.25) is 0 Å². The van der Waals surface area contributed by atoms with Crippen molar-refractivity contribution >= 4 is 29.0 Å². The third-order valence-electron chi connectivity index (χ3n) is 6.54. The summed E-state index contributed by atoms with van der Waals surface area (Å²) in [5, 5.41) is 10.4. The number of nitrogens with zero attached hydrogens (tertiary/aromatic N) is 7. The summed E-state index contributed by atoms with van der Waals surface area (Å²) in [4.78, 5) is 29.3. The quantitative estimate of drug-likeness (QED) is 0.232. The largest absolute Gasteiger partial charge is 0.466 e. The number of amides is 1. The SMILES string of the molecule is C=CC(=O)Nc1cc(Nc2nccc(-n3cc(CN(C)C)c(-c4ccccc4)n3)n2)c(OCC(F)(F)F)nc1N1CCOCC1. The van der Waals surface area contributed by atoms with Gasteiger partial charge in [0.1, 0.15) is 5.69 Å². The monoisotopic (exact) mass is 623 g/mol. The molecule has 1 aliphatic heterocycles. The predicted octanol–water partition coefficient (Wildman–Crippen LogP) is 4.43. The van der Waals surface area contributed by atoms with E-state index in [1.54, 1.807) is 15.6 Å². The van der Waals surface area contributed by atoms with Crippen LogP contribution in [0.1, 0.15) is 5.56 Å². The van der Waals surface area contributed by atoms with Gasteiger partial charge >= 0.3 is 6.18 Å². The van der Waals surface area contributed by atoms with E-state index >= 15 is 0 Å². The lowest BCUT2D eigenvalue weighted by molar-refractivity contribution is -0.153. The molecule has 0 spiro atoms. The number of hydrogen-bond acceptors (Lipinski definition) is 10. The number of aromatic nitrogens is 5. The standard InChI is InChI=1S/C30H32F3N9O3/c1-4-25(43)35-22-16-23(28(45-19-30(31,32)33)38-27(22)41-12-14-44-15-13-41)36-29-34-11-10-24(37-29)42-18-21(17-40(2)3)26(39-42)20-8-6-5-7-9-20/h4-11,16,18H,1,12-15,17,19H2,2-3H3,(H,35,43)(H,34,36,37). The zero-order valence-electron chi connectivity index (χ0n) is 24.7. The summed E-state index contributed by atoms with van der Waals surface area (Å²) in [6.07, 6.45) is -0.180. The van der Waals surface area contributed by atoms with E-state index < -0.39 is 18.7 Å². The first-order chi connectivity index (χ1) is 21.6. The number of benzene rings is 1. The number of hydrogen-bond donors (Lipinski definition) is 2. The van der Waals surface area contributed by atoms with E-state index in [1.165, 1.54) is 12.3 Å². The van der Waals surface area contributed by atoms with E-state index in [0.29, 0.717) is 38.7 Å². The van der Waals surface area contributed by atoms with Crippen LogP contribution in [-0.4, -0.2) is 88.7 Å². The lowest BCUT2D eigenvalue weighted by Crippen LogP contribution is -2.37. The first-order valence-corrected chi connectivity index (χ1v) is 14.0. The molecule has 0 bridgehead atoms. The second kappa shape index (κ2) is 13.7. The molecule has 2 N–H and O–H groups in total. The molecule has 0 atom stereocenters. The fraction of sp³-hybridized carbons (Fsp3) is 0.300. The van der Waals surface area contributed by atoms with Crippen LogP contribution in [0.3, 0.4) is 0 Å². The van der Waals surface area contributed by atoms with Crippen LogP contribution < -0.4 is 20.3 Å². The van der Waals surface area contributed by atoms with E-state index in [1.807, 2.05) is 55.5 Å². The van der Waals surface area contributed by atoms with Crippen LogP contribution in [0.4, 0.5) is 36.3 Å². The Bertz CT molecular complexity index is 1640. The van der Waals surface area contributed by atoms with Crippen LogP contribution in [0, 0.1) is 0 Å². The van der Waals surface area contributed by atoms with Crippen LogP contribution in [0.15, 0.2) is 67.5 Å². The molecule has 5 rings (SSSR count). The van der Waals surface area contributed by atoms with Gasteiger partial charge in [-0.1, -0.05) is 36.9 Å². The van der Waals surface area contributed by atoms with Crippen LogP contribution >= 0.6 is 0 Å². The molecule has 0 aliphatic carbocycles. The number of morpholine rings is 1. The lowest BCUT2D eigenvalue weighted by Gasteiger charge is -2.30. The highest BCUT2D eigenvalue weighted by molar-refractivity contribution is 6.01. The van der Waals surface area contributed by atoms with Crippen molar-refractivity contribution in [1.82, 2.24) is 29.6 Å². The van der Waals surface area contributed by atoms with Gasteiger partial charge in [-0.3, -0.25) is 4.79 Å². The number of nitrogens with one attached hydrogen (secondary N) is 2. The van der Waals surface area contributed by atoms with Crippen molar-refractivity contribution < 1.29 is 27.4 Å². The number of carbonyl (C=O) groups excluding carboxylic acids is 1. The van der Waals surface area contributed by atoms with Gasteiger partial charge in [-0.15, -0.1) is 0 Å². The van der Waals surface area contributed by atoms with Gasteiger partial charge < -0.3 is 29.9 Å². The number of alkyl halides is 3. The molecule has 15 heteroatoms. The number of halogens is 3. The molecule has 236 valence electrons. The lowest BCUT2D eigenvalue weighted by atomic mass is 10.1. The van der Waals surface area contributed by atoms with Crippen molar-refractivity contribution in [2.24, 2.45) is 0 Å². The van der Waals surface area contributed by atoms with Crippen molar-refractivity contribution in [2.75, 3.05) is 62.5 Å². The van der Waals surface area contributed by atoms with Gasteiger partial charge in [-0.25, -0.2) is 9.67 Å². The van der Waals surface area contributed by atoms with Crippen LogP contribution in [0.5, 0.6) is 5.88 Å². The van der Waals surface area contributed by atoms with E-state index in [9.17, 15) is 18.0 Å². The first-order valence-electron chi connectivity index (χ1n) is 14.0. The molecule has 3 aromatic heterocycles. The maximum atomic E-state index is 13.2. The van der Waals surface area contributed by atoms with Gasteiger partial charge in [0, 0.05) is 49.2 Å². The molecule has 1 fully saturated rings. The van der Waals surface area contributed by atoms with Gasteiger partial charge in [-0.2, -0.15) is 28.2 Å². The van der Waals surface area contributed by atoms with E-state index in [0.717, 1.165) is 22.9 Å². The Balaban J connectivity index is 1.52. The molecular weight excluding hydrogens is 591 g/mol. The number of ether oxygens (including phenoxy) is 2. The van der Waals surface area contributed by atoms with Crippen LogP contribution in [0.25, 0.3) is 17.1 Å². The van der Waals surface area contributed by atoms with Crippen LogP contribution in [-0.2, 0) is 16.1 Å². The fourth-order valence-corrected chi connectivity index (χ4v) is 4.61. The van der Waals surface area contributed by atoms with Crippen molar-refractivity contribution in [3.8, 4) is 23.0 Å². The zero-order valence-corrected chi connectivity index (χ0v) is 24.7. The summed E-state index contributed by atoms with van der Waals surface area (Å²) in [7, 11) is 3.92. The summed E-state index contributed by atoms with van der Waals surface area (Å²) in [5.74, 6) is -0.203. The van der Waals surface area contributed by atoms with Gasteiger partial charge in [-0.05, 0) is 26.2 Å². The zero-order chi connectivity index (χ0) is 32.0. The second-order valence-corrected chi connectivity index (χ2v) is 10.3. The highest BCUT2D eigenvalue weighted by Gasteiger charge is 2.30. The Morgan fingerprint density at radius 1 is 1.13 bits per heavy atom. The summed E-state index contributed by atoms with van der Waals surface area (Å²) >= 11 is 0. The Morgan fingerprint density at radius 2 is 1.89 bits per heavy atom. The number of pyridine rings is 1. The molecule has 1 aliphatic rings. The van der Waals surface area contributed by atoms with Gasteiger partial charge in [0.2, 0.25) is 17.7 Å². The van der Waals surface area contributed by atoms with E-state index in [-0.39, 0.29) is 29.0 Å². The molecule has 4 heterocycles. The number of anilines is 4. The molecule has 4 aromatic rings. The van der Waals surface area contributed by atoms with Crippen molar-refractivity contribution in [3.63, 3.8) is 0 Å². The van der Waals surface area contributed by atoms with Crippen molar-refractivity contribution in [2.45, 2.75) is 12.7 Å². The highest BCUT2D eigenvalue weighted by atomic mass is 19.4.